The summed E-state index contributed by atoms with van der Waals surface area (Å²) in [5.41, 5.74) is 0.594. The quantitative estimate of drug-likeness (QED) is 0.778. The molecule has 0 spiro atoms. The van der Waals surface area contributed by atoms with Gasteiger partial charge < -0.3 is 9.80 Å². The van der Waals surface area contributed by atoms with Crippen LogP contribution in [0.3, 0.4) is 0 Å². The molecule has 106 valence electrons. The molecule has 0 radical (unpaired) electrons. The first kappa shape index (κ1) is 13.1. The summed E-state index contributed by atoms with van der Waals surface area (Å²) in [6.07, 6.45) is 6.38. The second kappa shape index (κ2) is 5.63. The zero-order valence-electron chi connectivity index (χ0n) is 11.4. The summed E-state index contributed by atoms with van der Waals surface area (Å²) in [6.45, 7) is 2.63. The van der Waals surface area contributed by atoms with Crippen molar-refractivity contribution in [3.05, 3.63) is 42.6 Å². The molecule has 1 aliphatic heterocycles. The monoisotopic (exact) mass is 282 g/mol. The number of imidazole rings is 1. The first-order valence-corrected chi connectivity index (χ1v) is 6.66. The second-order valence-corrected chi connectivity index (χ2v) is 4.74. The van der Waals surface area contributed by atoms with E-state index in [1.165, 1.54) is 10.9 Å². The highest BCUT2D eigenvalue weighted by atomic mass is 16.2. The molecule has 1 fully saturated rings. The van der Waals surface area contributed by atoms with Crippen molar-refractivity contribution in [3.63, 3.8) is 0 Å². The number of aromatic nitrogens is 3. The maximum Gasteiger partial charge on any atom is 0.329 e. The fraction of sp³-hybridized carbons (Fsp3) is 0.286. The number of hydrogen-bond donors (Lipinski definition) is 0. The van der Waals surface area contributed by atoms with E-state index in [-0.39, 0.29) is 6.03 Å². The fourth-order valence-corrected chi connectivity index (χ4v) is 2.32. The number of nitrogens with zero attached hydrogens (tertiary/aromatic N) is 6. The third kappa shape index (κ3) is 2.69. The third-order valence-electron chi connectivity index (χ3n) is 3.47. The number of rotatable bonds is 1. The van der Waals surface area contributed by atoms with E-state index in [1.54, 1.807) is 35.6 Å². The van der Waals surface area contributed by atoms with Gasteiger partial charge in [0.2, 0.25) is 0 Å². The van der Waals surface area contributed by atoms with Crippen molar-refractivity contribution < 1.29 is 4.79 Å². The van der Waals surface area contributed by atoms with Crippen LogP contribution in [0.25, 0.3) is 0 Å². The highest BCUT2D eigenvalue weighted by Gasteiger charge is 2.22. The molecule has 2 aromatic rings. The van der Waals surface area contributed by atoms with Gasteiger partial charge in [0.15, 0.2) is 0 Å². The molecule has 0 aromatic carbocycles. The average molecular weight is 282 g/mol. The molecule has 1 saturated heterocycles. The molecular weight excluding hydrogens is 268 g/mol. The molecule has 0 saturated carbocycles. The predicted molar refractivity (Wildman–Crippen MR) is 75.8 cm³/mol. The Kier molecular flexibility index (Phi) is 3.51. The van der Waals surface area contributed by atoms with E-state index in [2.05, 4.69) is 20.9 Å². The summed E-state index contributed by atoms with van der Waals surface area (Å²) in [4.78, 5) is 24.2. The molecule has 0 bridgehead atoms. The van der Waals surface area contributed by atoms with Crippen molar-refractivity contribution in [1.29, 1.82) is 5.26 Å². The zero-order chi connectivity index (χ0) is 14.7. The molecule has 0 unspecified atom stereocenters. The van der Waals surface area contributed by atoms with E-state index in [1.807, 2.05) is 0 Å². The summed E-state index contributed by atoms with van der Waals surface area (Å²) >= 11 is 0. The molecule has 7 nitrogen and oxygen atoms in total. The van der Waals surface area contributed by atoms with Crippen molar-refractivity contribution in [2.75, 3.05) is 31.1 Å². The lowest BCUT2D eigenvalue weighted by Gasteiger charge is -2.35. The van der Waals surface area contributed by atoms with E-state index in [0.717, 1.165) is 5.82 Å². The lowest BCUT2D eigenvalue weighted by molar-refractivity contribution is 0.196. The van der Waals surface area contributed by atoms with Crippen LogP contribution in [0.1, 0.15) is 5.56 Å². The Balaban J connectivity index is 1.65. The Morgan fingerprint density at radius 2 is 2.05 bits per heavy atom. The molecule has 2 aromatic heterocycles. The average Bonchev–Trinajstić information content (AvgIpc) is 3.09. The largest absolute Gasteiger partial charge is 0.353 e. The van der Waals surface area contributed by atoms with Crippen molar-refractivity contribution in [2.24, 2.45) is 0 Å². The summed E-state index contributed by atoms with van der Waals surface area (Å²) in [7, 11) is 0. The van der Waals surface area contributed by atoms with Gasteiger partial charge in [-0.1, -0.05) is 0 Å². The van der Waals surface area contributed by atoms with E-state index in [9.17, 15) is 4.79 Å². The van der Waals surface area contributed by atoms with Gasteiger partial charge in [-0.2, -0.15) is 5.26 Å². The molecule has 7 heteroatoms. The first-order chi connectivity index (χ1) is 10.3. The predicted octanol–water partition coefficient (Wildman–Crippen LogP) is 0.940. The number of carbonyl (C=O) groups excluding carboxylic acids is 1. The molecule has 1 amide bonds. The highest BCUT2D eigenvalue weighted by Crippen LogP contribution is 2.15. The van der Waals surface area contributed by atoms with Crippen LogP contribution in [0.15, 0.2) is 37.1 Å². The number of piperazine rings is 1. The summed E-state index contributed by atoms with van der Waals surface area (Å²) in [6, 6.07) is 5.50. The van der Waals surface area contributed by atoms with Gasteiger partial charge in [-0.25, -0.2) is 14.8 Å². The van der Waals surface area contributed by atoms with Crippen molar-refractivity contribution >= 4 is 11.8 Å². The minimum Gasteiger partial charge on any atom is -0.353 e. The maximum absolute atomic E-state index is 12.2. The standard InChI is InChI=1S/C14H14N6O/c15-10-12-1-2-17-13(9-12)18-5-7-19(8-6-18)14(21)20-4-3-16-11-20/h1-4,9,11H,5-8H2. The van der Waals surface area contributed by atoms with Gasteiger partial charge in [0.25, 0.3) is 0 Å². The Morgan fingerprint density at radius 3 is 2.71 bits per heavy atom. The minimum absolute atomic E-state index is 0.0640. The Morgan fingerprint density at radius 1 is 1.24 bits per heavy atom. The van der Waals surface area contributed by atoms with Gasteiger partial charge in [-0.05, 0) is 12.1 Å². The number of nitriles is 1. The van der Waals surface area contributed by atoms with Gasteiger partial charge in [0.05, 0.1) is 11.6 Å². The SMILES string of the molecule is N#Cc1ccnc(N2CCN(C(=O)n3ccnc3)CC2)c1. The Bertz CT molecular complexity index is 667. The van der Waals surface area contributed by atoms with Crippen molar-refractivity contribution in [3.8, 4) is 6.07 Å². The van der Waals surface area contributed by atoms with Gasteiger partial charge in [0, 0.05) is 44.8 Å². The van der Waals surface area contributed by atoms with Crippen LogP contribution < -0.4 is 4.90 Å². The van der Waals surface area contributed by atoms with Crippen molar-refractivity contribution in [1.82, 2.24) is 19.4 Å². The fourth-order valence-electron chi connectivity index (χ4n) is 2.32. The molecule has 0 atom stereocenters. The van der Waals surface area contributed by atoms with E-state index in [4.69, 9.17) is 5.26 Å². The summed E-state index contributed by atoms with van der Waals surface area (Å²) in [5, 5.41) is 8.92. The van der Waals surface area contributed by atoms with Crippen LogP contribution in [0.5, 0.6) is 0 Å². The van der Waals surface area contributed by atoms with E-state index in [0.29, 0.717) is 31.7 Å². The number of hydrogen-bond acceptors (Lipinski definition) is 5. The van der Waals surface area contributed by atoms with Gasteiger partial charge in [-0.3, -0.25) is 4.57 Å². The molecule has 3 heterocycles. The smallest absolute Gasteiger partial charge is 0.329 e. The lowest BCUT2D eigenvalue weighted by atomic mass is 10.2. The van der Waals surface area contributed by atoms with Crippen LogP contribution in [0, 0.1) is 11.3 Å². The summed E-state index contributed by atoms with van der Waals surface area (Å²) < 4.78 is 1.48. The molecule has 0 aliphatic carbocycles. The minimum atomic E-state index is -0.0640. The Labute approximate surface area is 122 Å². The molecular formula is C14H14N6O. The third-order valence-corrected chi connectivity index (χ3v) is 3.47. The number of carbonyl (C=O) groups is 1. The van der Waals surface area contributed by atoms with E-state index >= 15 is 0 Å². The van der Waals surface area contributed by atoms with Crippen LogP contribution in [0.4, 0.5) is 10.6 Å². The first-order valence-electron chi connectivity index (χ1n) is 6.66. The number of anilines is 1. The summed E-state index contributed by atoms with van der Waals surface area (Å²) in [5.74, 6) is 0.781. The number of amides is 1. The van der Waals surface area contributed by atoms with Gasteiger partial charge >= 0.3 is 6.03 Å². The van der Waals surface area contributed by atoms with E-state index < -0.39 is 0 Å². The van der Waals surface area contributed by atoms with Crippen LogP contribution >= 0.6 is 0 Å². The van der Waals surface area contributed by atoms with Crippen molar-refractivity contribution in [2.45, 2.75) is 0 Å². The van der Waals surface area contributed by atoms with Crippen LogP contribution in [-0.2, 0) is 0 Å². The number of pyridine rings is 1. The molecule has 1 aliphatic rings. The Hall–Kier alpha value is -2.88. The normalized spacial score (nSPS) is 14.8. The molecule has 21 heavy (non-hydrogen) atoms. The highest BCUT2D eigenvalue weighted by molar-refractivity contribution is 5.77. The van der Waals surface area contributed by atoms with Gasteiger partial charge in [-0.15, -0.1) is 0 Å². The molecule has 3 rings (SSSR count). The second-order valence-electron chi connectivity index (χ2n) is 4.74. The zero-order valence-corrected chi connectivity index (χ0v) is 11.4. The molecule has 0 N–H and O–H groups in total. The van der Waals surface area contributed by atoms with Gasteiger partial charge in [0.1, 0.15) is 12.1 Å². The maximum atomic E-state index is 12.2. The lowest BCUT2D eigenvalue weighted by Crippen LogP contribution is -2.50. The van der Waals surface area contributed by atoms with Crippen LogP contribution in [0.2, 0.25) is 0 Å². The topological polar surface area (TPSA) is 78.0 Å². The van der Waals surface area contributed by atoms with Crippen LogP contribution in [-0.4, -0.2) is 51.6 Å².